The molecule has 0 aromatic carbocycles. The Bertz CT molecular complexity index is 589. The van der Waals surface area contributed by atoms with Crippen LogP contribution in [0.5, 0.6) is 0 Å². The van der Waals surface area contributed by atoms with Crippen molar-refractivity contribution in [3.63, 3.8) is 0 Å². The summed E-state index contributed by atoms with van der Waals surface area (Å²) in [7, 11) is 5.48. The first-order valence-electron chi connectivity index (χ1n) is 14.1. The van der Waals surface area contributed by atoms with Gasteiger partial charge < -0.3 is 23.8 Å². The highest BCUT2D eigenvalue weighted by Gasteiger charge is 2.31. The number of unbranched alkanes of at least 4 members (excludes halogenated alkanes) is 10. The molecule has 8 nitrogen and oxygen atoms in total. The summed E-state index contributed by atoms with van der Waals surface area (Å²) in [6, 6.07) is -0.603. The SMILES string of the molecule is CCCCCCCCCCCCC(=O)OC(COCCC(C(=O)O)[N+](C)(C)C)COC(=O)CCCC. The Balaban J connectivity index is 4.39. The van der Waals surface area contributed by atoms with Crippen LogP contribution in [0.15, 0.2) is 0 Å². The number of likely N-dealkylation sites (N-methyl/N-ethyl adjacent to an activating group) is 1. The second-order valence-corrected chi connectivity index (χ2v) is 10.7. The van der Waals surface area contributed by atoms with Crippen LogP contribution >= 0.6 is 0 Å². The van der Waals surface area contributed by atoms with Gasteiger partial charge in [-0.25, -0.2) is 4.79 Å². The van der Waals surface area contributed by atoms with Crippen molar-refractivity contribution in [3.8, 4) is 0 Å². The molecular formula is C28H54NO7+. The Morgan fingerprint density at radius 3 is 1.78 bits per heavy atom. The van der Waals surface area contributed by atoms with Gasteiger partial charge in [0.15, 0.2) is 12.1 Å². The molecule has 1 N–H and O–H groups in total. The number of aliphatic carboxylic acids is 1. The topological polar surface area (TPSA) is 99.1 Å². The summed E-state index contributed by atoms with van der Waals surface area (Å²) >= 11 is 0. The highest BCUT2D eigenvalue weighted by molar-refractivity contribution is 5.72. The van der Waals surface area contributed by atoms with Gasteiger partial charge in [0, 0.05) is 19.3 Å². The van der Waals surface area contributed by atoms with Crippen molar-refractivity contribution in [1.82, 2.24) is 0 Å². The van der Waals surface area contributed by atoms with Gasteiger partial charge in [0.2, 0.25) is 0 Å². The van der Waals surface area contributed by atoms with Gasteiger partial charge in [-0.05, 0) is 12.8 Å². The second kappa shape index (κ2) is 21.4. The molecule has 0 rings (SSSR count). The summed E-state index contributed by atoms with van der Waals surface area (Å²) in [6.45, 7) is 4.45. The average molecular weight is 517 g/mol. The number of carboxylic acid groups (broad SMARTS) is 1. The number of carbonyl (C=O) groups excluding carboxylic acids is 2. The highest BCUT2D eigenvalue weighted by Crippen LogP contribution is 2.13. The number of hydrogen-bond donors (Lipinski definition) is 1. The Hall–Kier alpha value is -1.67. The van der Waals surface area contributed by atoms with E-state index in [1.807, 2.05) is 28.1 Å². The molecule has 0 spiro atoms. The zero-order chi connectivity index (χ0) is 27.2. The first kappa shape index (κ1) is 34.3. The third-order valence-corrected chi connectivity index (χ3v) is 6.26. The molecule has 2 unspecified atom stereocenters. The van der Waals surface area contributed by atoms with E-state index in [9.17, 15) is 19.5 Å². The molecule has 0 aromatic rings. The van der Waals surface area contributed by atoms with Crippen molar-refractivity contribution in [3.05, 3.63) is 0 Å². The van der Waals surface area contributed by atoms with Crippen LogP contribution < -0.4 is 0 Å². The van der Waals surface area contributed by atoms with Crippen LogP contribution in [-0.2, 0) is 28.6 Å². The Kier molecular flexibility index (Phi) is 20.4. The fourth-order valence-corrected chi connectivity index (χ4v) is 3.95. The maximum atomic E-state index is 12.4. The quantitative estimate of drug-likeness (QED) is 0.103. The number of esters is 2. The fraction of sp³-hybridized carbons (Fsp3) is 0.893. The van der Waals surface area contributed by atoms with Crippen LogP contribution in [0.25, 0.3) is 0 Å². The maximum absolute atomic E-state index is 12.4. The van der Waals surface area contributed by atoms with Crippen LogP contribution in [0, 0.1) is 0 Å². The number of carboxylic acids is 1. The normalized spacial score (nSPS) is 13.2. The predicted molar refractivity (Wildman–Crippen MR) is 142 cm³/mol. The van der Waals surface area contributed by atoms with Crippen molar-refractivity contribution < 1.29 is 38.2 Å². The van der Waals surface area contributed by atoms with E-state index >= 15 is 0 Å². The van der Waals surface area contributed by atoms with Gasteiger partial charge in [-0.2, -0.15) is 0 Å². The monoisotopic (exact) mass is 516 g/mol. The number of rotatable bonds is 24. The van der Waals surface area contributed by atoms with E-state index in [-0.39, 0.29) is 36.2 Å². The van der Waals surface area contributed by atoms with E-state index in [4.69, 9.17) is 14.2 Å². The summed E-state index contributed by atoms with van der Waals surface area (Å²) in [6.07, 6.45) is 13.8. The molecule has 0 fully saturated rings. The van der Waals surface area contributed by atoms with Crippen molar-refractivity contribution in [1.29, 1.82) is 0 Å². The van der Waals surface area contributed by atoms with Crippen LogP contribution in [0.4, 0.5) is 0 Å². The van der Waals surface area contributed by atoms with Gasteiger partial charge in [0.25, 0.3) is 0 Å². The predicted octanol–water partition coefficient (Wildman–Crippen LogP) is 5.51. The molecule has 0 aliphatic heterocycles. The summed E-state index contributed by atoms with van der Waals surface area (Å²) < 4.78 is 16.8. The highest BCUT2D eigenvalue weighted by atomic mass is 16.6. The molecule has 8 heteroatoms. The van der Waals surface area contributed by atoms with Gasteiger partial charge in [0.1, 0.15) is 6.61 Å². The zero-order valence-electron chi connectivity index (χ0n) is 23.7. The van der Waals surface area contributed by atoms with Crippen molar-refractivity contribution in [2.45, 2.75) is 122 Å². The molecule has 0 heterocycles. The number of hydrogen-bond acceptors (Lipinski definition) is 6. The minimum Gasteiger partial charge on any atom is -0.477 e. The Morgan fingerprint density at radius 2 is 1.25 bits per heavy atom. The lowest BCUT2D eigenvalue weighted by Crippen LogP contribution is -2.50. The van der Waals surface area contributed by atoms with E-state index in [0.717, 1.165) is 32.1 Å². The minimum atomic E-state index is -0.879. The van der Waals surface area contributed by atoms with E-state index in [0.29, 0.717) is 19.3 Å². The first-order valence-corrected chi connectivity index (χ1v) is 14.1. The molecule has 212 valence electrons. The van der Waals surface area contributed by atoms with Crippen molar-refractivity contribution in [2.24, 2.45) is 0 Å². The van der Waals surface area contributed by atoms with Crippen molar-refractivity contribution >= 4 is 17.9 Å². The molecule has 0 aromatic heterocycles. The van der Waals surface area contributed by atoms with Gasteiger partial charge in [0.05, 0.1) is 34.4 Å². The van der Waals surface area contributed by atoms with Gasteiger partial charge in [-0.1, -0.05) is 78.1 Å². The molecule has 0 radical (unpaired) electrons. The third-order valence-electron chi connectivity index (χ3n) is 6.26. The maximum Gasteiger partial charge on any atom is 0.362 e. The molecule has 0 aliphatic rings. The molecule has 2 atom stereocenters. The number of ether oxygens (including phenoxy) is 3. The van der Waals surface area contributed by atoms with E-state index in [1.165, 1.54) is 44.9 Å². The minimum absolute atomic E-state index is 0.0516. The molecule has 0 amide bonds. The Labute approximate surface area is 219 Å². The van der Waals surface area contributed by atoms with Gasteiger partial charge in [-0.3, -0.25) is 9.59 Å². The molecule has 0 saturated heterocycles. The zero-order valence-corrected chi connectivity index (χ0v) is 23.7. The van der Waals surface area contributed by atoms with E-state index < -0.39 is 18.1 Å². The molecule has 0 saturated carbocycles. The molecular weight excluding hydrogens is 462 g/mol. The molecule has 0 aliphatic carbocycles. The lowest BCUT2D eigenvalue weighted by molar-refractivity contribution is -0.887. The average Bonchev–Trinajstić information content (AvgIpc) is 2.80. The summed E-state index contributed by atoms with van der Waals surface area (Å²) in [5.41, 5.74) is 0. The van der Waals surface area contributed by atoms with Crippen LogP contribution in [-0.4, -0.2) is 80.6 Å². The first-order chi connectivity index (χ1) is 17.1. The second-order valence-electron chi connectivity index (χ2n) is 10.7. The Morgan fingerprint density at radius 1 is 0.722 bits per heavy atom. The number of carbonyl (C=O) groups is 3. The van der Waals surface area contributed by atoms with E-state index in [1.54, 1.807) is 0 Å². The number of quaternary nitrogens is 1. The van der Waals surface area contributed by atoms with Crippen LogP contribution in [0.1, 0.15) is 110 Å². The number of nitrogens with zero attached hydrogens (tertiary/aromatic N) is 1. The van der Waals surface area contributed by atoms with Crippen LogP contribution in [0.2, 0.25) is 0 Å². The lowest BCUT2D eigenvalue weighted by atomic mass is 10.1. The standard InChI is InChI=1S/C28H53NO7/c1-6-8-10-11-12-13-14-15-16-17-19-27(31)36-24(23-35-26(30)18-9-7-2)22-34-21-20-25(28(32)33)29(3,4)5/h24-25H,6-23H2,1-5H3/p+1. The lowest BCUT2D eigenvalue weighted by Gasteiger charge is -2.31. The molecule has 36 heavy (non-hydrogen) atoms. The van der Waals surface area contributed by atoms with Gasteiger partial charge >= 0.3 is 17.9 Å². The largest absolute Gasteiger partial charge is 0.477 e. The van der Waals surface area contributed by atoms with Crippen LogP contribution in [0.3, 0.4) is 0 Å². The summed E-state index contributed by atoms with van der Waals surface area (Å²) in [5.74, 6) is -1.51. The summed E-state index contributed by atoms with van der Waals surface area (Å²) in [4.78, 5) is 35.8. The summed E-state index contributed by atoms with van der Waals surface area (Å²) in [5, 5.41) is 9.45. The van der Waals surface area contributed by atoms with E-state index in [2.05, 4.69) is 6.92 Å². The smallest absolute Gasteiger partial charge is 0.362 e. The van der Waals surface area contributed by atoms with Crippen molar-refractivity contribution in [2.75, 3.05) is 41.0 Å². The molecule has 0 bridgehead atoms. The third kappa shape index (κ3) is 19.5. The van der Waals surface area contributed by atoms with Gasteiger partial charge in [-0.15, -0.1) is 0 Å². The fourth-order valence-electron chi connectivity index (χ4n) is 3.95.